The topological polar surface area (TPSA) is 87.3 Å². The van der Waals surface area contributed by atoms with Gasteiger partial charge in [-0.15, -0.1) is 11.3 Å². The number of benzene rings is 3. The number of amides is 3. The lowest BCUT2D eigenvalue weighted by Gasteiger charge is -2.12. The second-order valence-electron chi connectivity index (χ2n) is 7.50. The van der Waals surface area contributed by atoms with Crippen LogP contribution in [0.5, 0.6) is 0 Å². The monoisotopic (exact) mass is 469 g/mol. The van der Waals surface area contributed by atoms with Crippen LogP contribution in [0.25, 0.3) is 0 Å². The van der Waals surface area contributed by atoms with Crippen LogP contribution in [0.3, 0.4) is 0 Å². The maximum atomic E-state index is 12.9. The molecule has 3 aromatic carbocycles. The van der Waals surface area contributed by atoms with Gasteiger partial charge in [0.05, 0.1) is 16.1 Å². The average Bonchev–Trinajstić information content (AvgIpc) is 3.40. The Hall–Kier alpha value is -4.23. The van der Waals surface area contributed by atoms with E-state index in [9.17, 15) is 14.4 Å². The van der Waals surface area contributed by atoms with Crippen molar-refractivity contribution in [2.24, 2.45) is 0 Å². The van der Waals surface area contributed by atoms with Crippen LogP contribution in [0.2, 0.25) is 0 Å². The molecular formula is C27H23N3O3S. The Morgan fingerprint density at radius 1 is 0.706 bits per heavy atom. The largest absolute Gasteiger partial charge is 0.352 e. The third-order valence-corrected chi connectivity index (χ3v) is 5.96. The summed E-state index contributed by atoms with van der Waals surface area (Å²) in [5.41, 5.74) is 2.81. The van der Waals surface area contributed by atoms with Gasteiger partial charge in [-0.2, -0.15) is 0 Å². The first-order valence-electron chi connectivity index (χ1n) is 10.8. The van der Waals surface area contributed by atoms with Crippen LogP contribution < -0.4 is 16.0 Å². The van der Waals surface area contributed by atoms with E-state index in [-0.39, 0.29) is 17.7 Å². The summed E-state index contributed by atoms with van der Waals surface area (Å²) in [6.07, 6.45) is 0.713. The van der Waals surface area contributed by atoms with Crippen molar-refractivity contribution >= 4 is 40.4 Å². The van der Waals surface area contributed by atoms with Crippen LogP contribution in [-0.4, -0.2) is 24.3 Å². The highest BCUT2D eigenvalue weighted by molar-refractivity contribution is 7.12. The molecule has 4 rings (SSSR count). The number of para-hydroxylation sites is 1. The fraction of sp³-hybridized carbons (Fsp3) is 0.0741. The lowest BCUT2D eigenvalue weighted by atomic mass is 10.1. The standard InChI is InChI=1S/C27H23N3O3S/c31-25(20-10-6-11-21(18-20)29-27(33)24-14-7-17-34-24)30-23-13-5-4-12-22(23)26(32)28-16-15-19-8-2-1-3-9-19/h1-14,17-18H,15-16H2,(H,28,32)(H,29,33)(H,30,31). The fourth-order valence-corrected chi connectivity index (χ4v) is 4.00. The minimum absolute atomic E-state index is 0.231. The fourth-order valence-electron chi connectivity index (χ4n) is 3.38. The molecule has 0 saturated heterocycles. The van der Waals surface area contributed by atoms with Crippen LogP contribution in [0.15, 0.2) is 96.4 Å². The van der Waals surface area contributed by atoms with Crippen molar-refractivity contribution in [2.45, 2.75) is 6.42 Å². The maximum Gasteiger partial charge on any atom is 0.265 e. The van der Waals surface area contributed by atoms with Gasteiger partial charge >= 0.3 is 0 Å². The maximum absolute atomic E-state index is 12.9. The van der Waals surface area contributed by atoms with Crippen molar-refractivity contribution in [3.05, 3.63) is 118 Å². The predicted octanol–water partition coefficient (Wildman–Crippen LogP) is 5.23. The number of carbonyl (C=O) groups excluding carboxylic acids is 3. The molecule has 0 saturated carbocycles. The molecule has 0 unspecified atom stereocenters. The van der Waals surface area contributed by atoms with E-state index in [4.69, 9.17) is 0 Å². The van der Waals surface area contributed by atoms with Crippen LogP contribution in [0.4, 0.5) is 11.4 Å². The first kappa shape index (κ1) is 22.9. The van der Waals surface area contributed by atoms with Crippen LogP contribution in [-0.2, 0) is 6.42 Å². The van der Waals surface area contributed by atoms with Crippen molar-refractivity contribution in [3.8, 4) is 0 Å². The minimum atomic E-state index is -0.378. The first-order valence-corrected chi connectivity index (χ1v) is 11.7. The molecule has 0 aliphatic rings. The SMILES string of the molecule is O=C(Nc1ccccc1C(=O)NCCc1ccccc1)c1cccc(NC(=O)c2cccs2)c1. The molecule has 0 bridgehead atoms. The molecule has 3 N–H and O–H groups in total. The van der Waals surface area contributed by atoms with Gasteiger partial charge in [-0.1, -0.05) is 54.6 Å². The van der Waals surface area contributed by atoms with E-state index in [1.54, 1.807) is 60.7 Å². The third-order valence-electron chi connectivity index (χ3n) is 5.09. The van der Waals surface area contributed by atoms with E-state index in [1.807, 2.05) is 35.7 Å². The summed E-state index contributed by atoms with van der Waals surface area (Å²) < 4.78 is 0. The van der Waals surface area contributed by atoms with Crippen LogP contribution in [0.1, 0.15) is 36.0 Å². The Balaban J connectivity index is 1.40. The molecule has 1 heterocycles. The molecule has 4 aromatic rings. The Morgan fingerprint density at radius 3 is 2.29 bits per heavy atom. The van der Waals surface area contributed by atoms with E-state index in [0.717, 1.165) is 5.56 Å². The van der Waals surface area contributed by atoms with Gasteiger partial charge in [-0.3, -0.25) is 14.4 Å². The summed E-state index contributed by atoms with van der Waals surface area (Å²) in [7, 11) is 0. The smallest absolute Gasteiger partial charge is 0.265 e. The lowest BCUT2D eigenvalue weighted by molar-refractivity contribution is 0.0954. The highest BCUT2D eigenvalue weighted by Gasteiger charge is 2.15. The number of anilines is 2. The second kappa shape index (κ2) is 11.1. The van der Waals surface area contributed by atoms with Crippen LogP contribution in [0, 0.1) is 0 Å². The average molecular weight is 470 g/mol. The van der Waals surface area contributed by atoms with E-state index in [1.165, 1.54) is 11.3 Å². The molecule has 34 heavy (non-hydrogen) atoms. The Bertz CT molecular complexity index is 1290. The Kier molecular flexibility index (Phi) is 7.47. The summed E-state index contributed by atoms with van der Waals surface area (Å²) in [4.78, 5) is 38.5. The van der Waals surface area contributed by atoms with E-state index in [0.29, 0.717) is 40.3 Å². The van der Waals surface area contributed by atoms with E-state index < -0.39 is 0 Å². The number of thiophene rings is 1. The number of carbonyl (C=O) groups is 3. The summed E-state index contributed by atoms with van der Waals surface area (Å²) >= 11 is 1.34. The molecule has 170 valence electrons. The van der Waals surface area contributed by atoms with Crippen molar-refractivity contribution in [2.75, 3.05) is 17.2 Å². The zero-order valence-corrected chi connectivity index (χ0v) is 19.1. The minimum Gasteiger partial charge on any atom is -0.352 e. The van der Waals surface area contributed by atoms with Gasteiger partial charge in [-0.05, 0) is 53.8 Å². The lowest BCUT2D eigenvalue weighted by Crippen LogP contribution is -2.27. The van der Waals surface area contributed by atoms with E-state index >= 15 is 0 Å². The van der Waals surface area contributed by atoms with Gasteiger partial charge in [0.2, 0.25) is 0 Å². The number of hydrogen-bond donors (Lipinski definition) is 3. The molecule has 0 spiro atoms. The van der Waals surface area contributed by atoms with Gasteiger partial charge in [0, 0.05) is 17.8 Å². The predicted molar refractivity (Wildman–Crippen MR) is 136 cm³/mol. The number of rotatable bonds is 8. The summed E-state index contributed by atoms with van der Waals surface area (Å²) in [6.45, 7) is 0.483. The van der Waals surface area contributed by atoms with Gasteiger partial charge in [-0.25, -0.2) is 0 Å². The highest BCUT2D eigenvalue weighted by Crippen LogP contribution is 2.19. The molecule has 0 fully saturated rings. The second-order valence-corrected chi connectivity index (χ2v) is 8.45. The Labute approximate surface area is 201 Å². The molecule has 6 nitrogen and oxygen atoms in total. The van der Waals surface area contributed by atoms with Gasteiger partial charge < -0.3 is 16.0 Å². The molecular weight excluding hydrogens is 446 g/mol. The molecule has 1 aromatic heterocycles. The zero-order chi connectivity index (χ0) is 23.8. The number of hydrogen-bond acceptors (Lipinski definition) is 4. The van der Waals surface area contributed by atoms with Crippen molar-refractivity contribution in [3.63, 3.8) is 0 Å². The molecule has 0 radical (unpaired) electrons. The summed E-state index contributed by atoms with van der Waals surface area (Å²) in [5.74, 6) is -0.870. The molecule has 0 aliphatic carbocycles. The Morgan fingerprint density at radius 2 is 1.50 bits per heavy atom. The van der Waals surface area contributed by atoms with Crippen LogP contribution >= 0.6 is 11.3 Å². The third kappa shape index (κ3) is 5.96. The molecule has 0 atom stereocenters. The molecule has 0 aliphatic heterocycles. The highest BCUT2D eigenvalue weighted by atomic mass is 32.1. The first-order chi connectivity index (χ1) is 16.6. The van der Waals surface area contributed by atoms with Crippen molar-refractivity contribution < 1.29 is 14.4 Å². The molecule has 7 heteroatoms. The summed E-state index contributed by atoms with van der Waals surface area (Å²) in [5, 5.41) is 10.3. The van der Waals surface area contributed by atoms with Crippen molar-refractivity contribution in [1.82, 2.24) is 5.32 Å². The van der Waals surface area contributed by atoms with E-state index in [2.05, 4.69) is 16.0 Å². The zero-order valence-electron chi connectivity index (χ0n) is 18.3. The van der Waals surface area contributed by atoms with Crippen molar-refractivity contribution in [1.29, 1.82) is 0 Å². The quantitative estimate of drug-likeness (QED) is 0.330. The molecule has 3 amide bonds. The number of nitrogens with one attached hydrogen (secondary N) is 3. The normalized spacial score (nSPS) is 10.4. The van der Waals surface area contributed by atoms with Gasteiger partial charge in [0.1, 0.15) is 0 Å². The van der Waals surface area contributed by atoms with Gasteiger partial charge in [0.25, 0.3) is 17.7 Å². The van der Waals surface area contributed by atoms with Gasteiger partial charge in [0.15, 0.2) is 0 Å². The summed E-state index contributed by atoms with van der Waals surface area (Å²) in [6, 6.07) is 27.0.